The first-order chi connectivity index (χ1) is 9.04. The molecule has 0 saturated heterocycles. The van der Waals surface area contributed by atoms with E-state index in [1.54, 1.807) is 0 Å². The summed E-state index contributed by atoms with van der Waals surface area (Å²) in [5, 5.41) is 21.1. The van der Waals surface area contributed by atoms with Gasteiger partial charge in [0.15, 0.2) is 0 Å². The van der Waals surface area contributed by atoms with Gasteiger partial charge < -0.3 is 15.5 Å². The highest BCUT2D eigenvalue weighted by molar-refractivity contribution is 5.95. The Hall–Kier alpha value is -2.04. The maximum Gasteiger partial charge on any atom is 0.339 e. The third-order valence-electron chi connectivity index (χ3n) is 4.11. The highest BCUT2D eigenvalue weighted by atomic mass is 16.4. The van der Waals surface area contributed by atoms with Crippen LogP contribution in [0, 0.1) is 17.8 Å². The van der Waals surface area contributed by atoms with E-state index >= 15 is 0 Å². The van der Waals surface area contributed by atoms with Crippen LogP contribution in [0.4, 0.5) is 5.69 Å². The maximum absolute atomic E-state index is 12.0. The number of fused-ring (bicyclic) bond motifs is 1. The number of benzene rings is 1. The minimum Gasteiger partial charge on any atom is -0.507 e. The number of aromatic carboxylic acids is 1. The fourth-order valence-corrected chi connectivity index (χ4v) is 2.96. The fourth-order valence-electron chi connectivity index (χ4n) is 2.96. The smallest absolute Gasteiger partial charge is 0.339 e. The van der Waals surface area contributed by atoms with Crippen LogP contribution in [0.15, 0.2) is 18.2 Å². The second-order valence-electron chi connectivity index (χ2n) is 5.45. The van der Waals surface area contributed by atoms with Crippen LogP contribution in [0.5, 0.6) is 5.75 Å². The average Bonchev–Trinajstić information content (AvgIpc) is 2.95. The van der Waals surface area contributed by atoms with E-state index in [1.807, 2.05) is 0 Å². The monoisotopic (exact) mass is 261 g/mol. The van der Waals surface area contributed by atoms with Gasteiger partial charge in [-0.15, -0.1) is 0 Å². The summed E-state index contributed by atoms with van der Waals surface area (Å²) in [7, 11) is 0. The fraction of sp³-hybridized carbons (Fsp3) is 0.429. The molecule has 1 amide bonds. The van der Waals surface area contributed by atoms with Crippen molar-refractivity contribution in [2.75, 3.05) is 5.32 Å². The second-order valence-corrected chi connectivity index (χ2v) is 5.45. The molecule has 2 atom stereocenters. The van der Waals surface area contributed by atoms with Crippen LogP contribution in [-0.2, 0) is 4.79 Å². The number of hydrogen-bond donors (Lipinski definition) is 3. The minimum absolute atomic E-state index is 0.0327. The third kappa shape index (κ3) is 2.28. The van der Waals surface area contributed by atoms with Crippen LogP contribution in [-0.4, -0.2) is 22.1 Å². The summed E-state index contributed by atoms with van der Waals surface area (Å²) in [5.74, 6) is -0.0253. The summed E-state index contributed by atoms with van der Waals surface area (Å²) in [5.41, 5.74) is 0.271. The molecule has 5 nitrogen and oxygen atoms in total. The summed E-state index contributed by atoms with van der Waals surface area (Å²) in [6, 6.07) is 4.06. The van der Waals surface area contributed by atoms with Gasteiger partial charge in [0.25, 0.3) is 0 Å². The van der Waals surface area contributed by atoms with Crippen molar-refractivity contribution in [3.63, 3.8) is 0 Å². The molecule has 0 bridgehead atoms. The Bertz CT molecular complexity index is 544. The van der Waals surface area contributed by atoms with E-state index in [9.17, 15) is 14.7 Å². The van der Waals surface area contributed by atoms with Gasteiger partial charge in [0.05, 0.1) is 0 Å². The van der Waals surface area contributed by atoms with Crippen LogP contribution in [0.2, 0.25) is 0 Å². The Labute approximate surface area is 110 Å². The molecule has 3 rings (SSSR count). The number of carbonyl (C=O) groups excluding carboxylic acids is 1. The van der Waals surface area contributed by atoms with Crippen LogP contribution < -0.4 is 5.32 Å². The number of phenols is 1. The first-order valence-corrected chi connectivity index (χ1v) is 6.41. The molecule has 1 aromatic carbocycles. The molecular formula is C14H15NO4. The Morgan fingerprint density at radius 3 is 2.42 bits per heavy atom. The van der Waals surface area contributed by atoms with Crippen molar-refractivity contribution in [2.45, 2.75) is 19.3 Å². The highest BCUT2D eigenvalue weighted by Gasteiger charge is 2.47. The first-order valence-electron chi connectivity index (χ1n) is 6.41. The Morgan fingerprint density at radius 2 is 1.84 bits per heavy atom. The number of carboxylic acids is 1. The molecule has 3 N–H and O–H groups in total. The summed E-state index contributed by atoms with van der Waals surface area (Å²) >= 11 is 0. The van der Waals surface area contributed by atoms with E-state index in [0.29, 0.717) is 5.69 Å². The van der Waals surface area contributed by atoms with E-state index in [-0.39, 0.29) is 23.1 Å². The zero-order valence-electron chi connectivity index (χ0n) is 10.3. The van der Waals surface area contributed by atoms with E-state index in [4.69, 9.17) is 5.11 Å². The van der Waals surface area contributed by atoms with Crippen molar-refractivity contribution >= 4 is 17.6 Å². The zero-order chi connectivity index (χ0) is 13.6. The molecule has 0 spiro atoms. The largest absolute Gasteiger partial charge is 0.507 e. The number of hydrogen-bond acceptors (Lipinski definition) is 3. The molecule has 100 valence electrons. The number of carbonyl (C=O) groups is 2. The van der Waals surface area contributed by atoms with Gasteiger partial charge in [0.2, 0.25) is 5.91 Å². The highest BCUT2D eigenvalue weighted by Crippen LogP contribution is 2.54. The van der Waals surface area contributed by atoms with Gasteiger partial charge in [-0.25, -0.2) is 4.79 Å². The molecule has 2 fully saturated rings. The summed E-state index contributed by atoms with van der Waals surface area (Å²) in [4.78, 5) is 22.8. The van der Waals surface area contributed by atoms with Crippen molar-refractivity contribution in [2.24, 2.45) is 17.8 Å². The van der Waals surface area contributed by atoms with Gasteiger partial charge in [-0.3, -0.25) is 4.79 Å². The number of nitrogens with one attached hydrogen (secondary N) is 1. The first kappa shape index (κ1) is 12.0. The van der Waals surface area contributed by atoms with Crippen molar-refractivity contribution in [1.82, 2.24) is 0 Å². The Balaban J connectivity index is 1.67. The van der Waals surface area contributed by atoms with E-state index in [0.717, 1.165) is 24.7 Å². The lowest BCUT2D eigenvalue weighted by Gasteiger charge is -2.12. The lowest BCUT2D eigenvalue weighted by molar-refractivity contribution is -0.120. The molecule has 0 aromatic heterocycles. The molecule has 0 heterocycles. The lowest BCUT2D eigenvalue weighted by Crippen LogP contribution is -2.21. The Kier molecular flexibility index (Phi) is 2.69. The predicted octanol–water partition coefficient (Wildman–Crippen LogP) is 2.07. The van der Waals surface area contributed by atoms with Gasteiger partial charge in [0.1, 0.15) is 11.3 Å². The van der Waals surface area contributed by atoms with Crippen molar-refractivity contribution in [3.8, 4) is 5.75 Å². The van der Waals surface area contributed by atoms with Crippen LogP contribution in [0.25, 0.3) is 0 Å². The summed E-state index contributed by atoms with van der Waals surface area (Å²) in [6.45, 7) is 0. The van der Waals surface area contributed by atoms with Gasteiger partial charge in [-0.1, -0.05) is 0 Å². The minimum atomic E-state index is -1.19. The van der Waals surface area contributed by atoms with Crippen molar-refractivity contribution < 1.29 is 19.8 Å². The van der Waals surface area contributed by atoms with E-state index in [2.05, 4.69) is 5.32 Å². The maximum atomic E-state index is 12.0. The Morgan fingerprint density at radius 1 is 1.16 bits per heavy atom. The number of anilines is 1. The predicted molar refractivity (Wildman–Crippen MR) is 68.0 cm³/mol. The van der Waals surface area contributed by atoms with E-state index < -0.39 is 5.97 Å². The van der Waals surface area contributed by atoms with Gasteiger partial charge in [-0.2, -0.15) is 0 Å². The summed E-state index contributed by atoms with van der Waals surface area (Å²) < 4.78 is 0. The molecular weight excluding hydrogens is 246 g/mol. The van der Waals surface area contributed by atoms with Crippen LogP contribution in [0.1, 0.15) is 29.6 Å². The molecule has 2 saturated carbocycles. The van der Waals surface area contributed by atoms with E-state index in [1.165, 1.54) is 24.6 Å². The van der Waals surface area contributed by atoms with Gasteiger partial charge >= 0.3 is 5.97 Å². The zero-order valence-corrected chi connectivity index (χ0v) is 10.3. The average molecular weight is 261 g/mol. The molecule has 2 aliphatic carbocycles. The van der Waals surface area contributed by atoms with Gasteiger partial charge in [-0.05, 0) is 43.2 Å². The second kappa shape index (κ2) is 4.26. The molecule has 0 radical (unpaired) electrons. The third-order valence-corrected chi connectivity index (χ3v) is 4.11. The number of amides is 1. The van der Waals surface area contributed by atoms with Crippen molar-refractivity contribution in [3.05, 3.63) is 23.8 Å². The number of rotatable bonds is 3. The van der Waals surface area contributed by atoms with Crippen LogP contribution in [0.3, 0.4) is 0 Å². The van der Waals surface area contributed by atoms with Gasteiger partial charge in [0, 0.05) is 17.7 Å². The topological polar surface area (TPSA) is 86.6 Å². The van der Waals surface area contributed by atoms with Crippen molar-refractivity contribution in [1.29, 1.82) is 0 Å². The molecule has 2 aliphatic rings. The number of aromatic hydroxyl groups is 1. The molecule has 2 unspecified atom stereocenters. The molecule has 5 heteroatoms. The quantitative estimate of drug-likeness (QED) is 0.777. The lowest BCUT2D eigenvalue weighted by atomic mass is 10.0. The standard InChI is InChI=1S/C14H15NO4/c16-12-6-10(1-2-11(12)14(18)19)15-13(17)9-4-7-3-8(7)5-9/h1-2,6-9,16H,3-5H2,(H,15,17)(H,18,19). The normalized spacial score (nSPS) is 27.7. The SMILES string of the molecule is O=C(O)c1ccc(NC(=O)C2CC3CC3C2)cc1O. The molecule has 1 aromatic rings. The van der Waals surface area contributed by atoms with Crippen LogP contribution >= 0.6 is 0 Å². The molecule has 0 aliphatic heterocycles. The number of carboxylic acid groups (broad SMARTS) is 1. The summed E-state index contributed by atoms with van der Waals surface area (Å²) in [6.07, 6.45) is 3.17. The molecule has 19 heavy (non-hydrogen) atoms.